The normalized spacial score (nSPS) is 11.6. The fourth-order valence-corrected chi connectivity index (χ4v) is 4.74. The Hall–Kier alpha value is -3.24. The molecule has 0 atom stereocenters. The molecule has 0 unspecified atom stereocenters. The van der Waals surface area contributed by atoms with Crippen LogP contribution in [0.5, 0.6) is 0 Å². The second-order valence-corrected chi connectivity index (χ2v) is 10.8. The minimum Gasteiger partial charge on any atom is -0.353 e. The van der Waals surface area contributed by atoms with Crippen molar-refractivity contribution >= 4 is 66.8 Å². The highest BCUT2D eigenvalue weighted by molar-refractivity contribution is 7.94. The minimum atomic E-state index is -4.16. The van der Waals surface area contributed by atoms with E-state index in [1.807, 2.05) is 26.0 Å². The van der Waals surface area contributed by atoms with Crippen molar-refractivity contribution in [3.8, 4) is 0 Å². The van der Waals surface area contributed by atoms with Crippen LogP contribution in [0.4, 0.5) is 33.3 Å². The molecule has 0 bridgehead atoms. The fraction of sp³-hybridized carbons (Fsp3) is 0.333. The van der Waals surface area contributed by atoms with Gasteiger partial charge in [0, 0.05) is 17.1 Å². The fourth-order valence-electron chi connectivity index (χ4n) is 3.21. The van der Waals surface area contributed by atoms with Crippen LogP contribution < -0.4 is 10.6 Å². The third kappa shape index (κ3) is 8.13. The second-order valence-electron chi connectivity index (χ2n) is 7.51. The van der Waals surface area contributed by atoms with Crippen molar-refractivity contribution in [1.82, 2.24) is 15.0 Å². The summed E-state index contributed by atoms with van der Waals surface area (Å²) in [4.78, 5) is 17.0. The summed E-state index contributed by atoms with van der Waals surface area (Å²) in [6.45, 7) is 12.7. The highest BCUT2D eigenvalue weighted by atomic mass is 32.2. The molecule has 2 heterocycles. The number of anilines is 3. The molecule has 0 saturated heterocycles. The predicted octanol–water partition coefficient (Wildman–Crippen LogP) is 5.80. The molecule has 0 spiro atoms. The van der Waals surface area contributed by atoms with E-state index >= 15 is 0 Å². The lowest BCUT2D eigenvalue weighted by molar-refractivity contribution is -0.432. The Balaban J connectivity index is 2.01. The Morgan fingerprint density at radius 1 is 1.21 bits per heavy atom. The molecule has 2 aromatic heterocycles. The zero-order chi connectivity index (χ0) is 27.7. The standard InChI is InChI=1S/C21H24N8O6S3/c1-5-13-9-15(37-35-34-30)10-14(6-2)17(13)26-18-16(28-29-21-25-12(3)19(22-4)36-21)11-24-20(27-18)23-7-8-38(31,32)33/h9-11,30H,5-8H2,1-3H3,(H,31,32,33)(H2,23,24,26,27). The van der Waals surface area contributed by atoms with Crippen molar-refractivity contribution in [3.63, 3.8) is 0 Å². The first kappa shape index (κ1) is 29.3. The Morgan fingerprint density at radius 3 is 2.50 bits per heavy atom. The second kappa shape index (κ2) is 13.5. The van der Waals surface area contributed by atoms with Crippen LogP contribution in [-0.2, 0) is 32.3 Å². The van der Waals surface area contributed by atoms with E-state index in [0.717, 1.165) is 40.2 Å². The predicted molar refractivity (Wildman–Crippen MR) is 143 cm³/mol. The summed E-state index contributed by atoms with van der Waals surface area (Å²) in [6, 6.07) is 3.73. The smallest absolute Gasteiger partial charge is 0.266 e. The molecule has 0 saturated carbocycles. The number of aromatic nitrogens is 3. The molecule has 0 aliphatic heterocycles. The maximum Gasteiger partial charge on any atom is 0.266 e. The Labute approximate surface area is 227 Å². The molecule has 0 fully saturated rings. The molecule has 3 rings (SSSR count). The Kier molecular flexibility index (Phi) is 10.4. The molecular formula is C21H24N8O6S3. The van der Waals surface area contributed by atoms with Crippen LogP contribution >= 0.6 is 23.4 Å². The van der Waals surface area contributed by atoms with E-state index < -0.39 is 15.9 Å². The third-order valence-corrected chi connectivity index (χ3v) is 7.17. The van der Waals surface area contributed by atoms with Crippen molar-refractivity contribution in [2.75, 3.05) is 22.9 Å². The maximum atomic E-state index is 11.1. The molecular weight excluding hydrogens is 556 g/mol. The SMILES string of the molecule is [C-]#[N+]c1sc(N=Nc2cnc(NCCS(=O)(=O)O)nc2Nc2c(CC)cc(SOOO)cc2CC)nc1C. The summed E-state index contributed by atoms with van der Waals surface area (Å²) in [7, 11) is -4.16. The van der Waals surface area contributed by atoms with Gasteiger partial charge in [0.05, 0.1) is 36.3 Å². The molecule has 202 valence electrons. The van der Waals surface area contributed by atoms with Gasteiger partial charge in [-0.2, -0.15) is 13.4 Å². The lowest BCUT2D eigenvalue weighted by Crippen LogP contribution is -2.16. The molecule has 17 heteroatoms. The van der Waals surface area contributed by atoms with E-state index in [0.29, 0.717) is 33.6 Å². The number of benzene rings is 1. The zero-order valence-corrected chi connectivity index (χ0v) is 22.9. The largest absolute Gasteiger partial charge is 0.353 e. The molecule has 1 aromatic carbocycles. The first-order chi connectivity index (χ1) is 18.2. The monoisotopic (exact) mass is 580 g/mol. The average Bonchev–Trinajstić information content (AvgIpc) is 3.25. The van der Waals surface area contributed by atoms with Gasteiger partial charge in [-0.05, 0) is 43.0 Å². The molecule has 4 N–H and O–H groups in total. The quantitative estimate of drug-likeness (QED) is 0.0476. The van der Waals surface area contributed by atoms with Crippen LogP contribution in [-0.4, -0.2) is 45.5 Å². The van der Waals surface area contributed by atoms with Crippen LogP contribution in [0, 0.1) is 13.5 Å². The Morgan fingerprint density at radius 2 is 1.92 bits per heavy atom. The molecule has 0 aliphatic carbocycles. The summed E-state index contributed by atoms with van der Waals surface area (Å²) in [5.41, 5.74) is 3.41. The van der Waals surface area contributed by atoms with Crippen molar-refractivity contribution < 1.29 is 27.6 Å². The van der Waals surface area contributed by atoms with E-state index in [9.17, 15) is 8.42 Å². The van der Waals surface area contributed by atoms with Crippen molar-refractivity contribution in [3.05, 3.63) is 46.6 Å². The van der Waals surface area contributed by atoms with Gasteiger partial charge < -0.3 is 10.6 Å². The molecule has 38 heavy (non-hydrogen) atoms. The lowest BCUT2D eigenvalue weighted by Gasteiger charge is -2.17. The third-order valence-electron chi connectivity index (χ3n) is 4.96. The number of hydrogen-bond donors (Lipinski definition) is 4. The minimum absolute atomic E-state index is 0.104. The van der Waals surface area contributed by atoms with Crippen molar-refractivity contribution in [2.24, 2.45) is 10.2 Å². The number of thiazole rings is 1. The molecule has 0 radical (unpaired) electrons. The first-order valence-corrected chi connectivity index (χ1v) is 14.2. The van der Waals surface area contributed by atoms with Gasteiger partial charge in [-0.3, -0.25) is 4.55 Å². The first-order valence-electron chi connectivity index (χ1n) is 11.1. The number of aryl methyl sites for hydroxylation is 3. The number of hydrogen-bond acceptors (Lipinski definition) is 14. The van der Waals surface area contributed by atoms with Gasteiger partial charge in [0.15, 0.2) is 5.82 Å². The van der Waals surface area contributed by atoms with Gasteiger partial charge in [-0.25, -0.2) is 20.1 Å². The zero-order valence-electron chi connectivity index (χ0n) is 20.5. The van der Waals surface area contributed by atoms with Crippen LogP contribution in [0.15, 0.2) is 33.5 Å². The lowest BCUT2D eigenvalue weighted by atomic mass is 10.0. The molecule has 3 aromatic rings. The van der Waals surface area contributed by atoms with Gasteiger partial charge in [0.25, 0.3) is 15.1 Å². The van der Waals surface area contributed by atoms with Crippen molar-refractivity contribution in [1.29, 1.82) is 0 Å². The summed E-state index contributed by atoms with van der Waals surface area (Å²) < 4.78 is 35.7. The molecule has 14 nitrogen and oxygen atoms in total. The summed E-state index contributed by atoms with van der Waals surface area (Å²) in [6.07, 6.45) is 2.69. The van der Waals surface area contributed by atoms with Crippen LogP contribution in [0.1, 0.15) is 30.7 Å². The molecule has 0 aliphatic rings. The van der Waals surface area contributed by atoms with E-state index in [4.69, 9.17) is 16.4 Å². The van der Waals surface area contributed by atoms with Crippen molar-refractivity contribution in [2.45, 2.75) is 38.5 Å². The average molecular weight is 581 g/mol. The van der Waals surface area contributed by atoms with Crippen LogP contribution in [0.25, 0.3) is 4.85 Å². The highest BCUT2D eigenvalue weighted by Crippen LogP contribution is 2.37. The number of nitrogens with zero attached hydrogens (tertiary/aromatic N) is 6. The summed E-state index contributed by atoms with van der Waals surface area (Å²) >= 11 is 1.96. The number of azo groups is 1. The van der Waals surface area contributed by atoms with Gasteiger partial charge in [0.1, 0.15) is 5.69 Å². The number of nitrogens with one attached hydrogen (secondary N) is 2. The maximum absolute atomic E-state index is 11.1. The van der Waals surface area contributed by atoms with E-state index in [1.54, 1.807) is 6.92 Å². The van der Waals surface area contributed by atoms with Gasteiger partial charge in [-0.1, -0.05) is 18.9 Å². The highest BCUT2D eigenvalue weighted by Gasteiger charge is 2.16. The molecule has 0 amide bonds. The van der Waals surface area contributed by atoms with Gasteiger partial charge >= 0.3 is 0 Å². The van der Waals surface area contributed by atoms with Crippen LogP contribution in [0.3, 0.4) is 0 Å². The van der Waals surface area contributed by atoms with Crippen LogP contribution in [0.2, 0.25) is 0 Å². The topological polar surface area (TPSA) is 185 Å². The van der Waals surface area contributed by atoms with E-state index in [2.05, 4.69) is 50.0 Å². The van der Waals surface area contributed by atoms with Gasteiger partial charge in [0.2, 0.25) is 11.1 Å². The summed E-state index contributed by atoms with van der Waals surface area (Å²) in [5, 5.41) is 27.4. The van der Waals surface area contributed by atoms with E-state index in [-0.39, 0.29) is 24.0 Å². The number of rotatable bonds is 13. The summed E-state index contributed by atoms with van der Waals surface area (Å²) in [5.74, 6) is -0.143. The van der Waals surface area contributed by atoms with Gasteiger partial charge in [-0.15, -0.1) is 25.9 Å². The van der Waals surface area contributed by atoms with E-state index in [1.165, 1.54) is 6.20 Å². The Bertz CT molecular complexity index is 1430.